The van der Waals surface area contributed by atoms with Gasteiger partial charge in [-0.05, 0) is 20.3 Å². The van der Waals surface area contributed by atoms with Crippen molar-refractivity contribution in [1.29, 1.82) is 0 Å². The molecule has 3 nitrogen and oxygen atoms in total. The molecule has 0 saturated carbocycles. The zero-order valence-corrected chi connectivity index (χ0v) is 6.22. The lowest BCUT2D eigenvalue weighted by Crippen LogP contribution is -2.07. The van der Waals surface area contributed by atoms with Crippen molar-refractivity contribution in [1.82, 2.24) is 0 Å². The van der Waals surface area contributed by atoms with Gasteiger partial charge in [0, 0.05) is 0 Å². The van der Waals surface area contributed by atoms with Crippen molar-refractivity contribution in [3.63, 3.8) is 0 Å². The summed E-state index contributed by atoms with van der Waals surface area (Å²) in [7, 11) is 0. The van der Waals surface area contributed by atoms with Crippen molar-refractivity contribution < 1.29 is 14.8 Å². The van der Waals surface area contributed by atoms with Gasteiger partial charge in [0.25, 0.3) is 0 Å². The Morgan fingerprint density at radius 1 is 1.33 bits per heavy atom. The van der Waals surface area contributed by atoms with Crippen LogP contribution in [0.1, 0.15) is 27.2 Å². The minimum Gasteiger partial charge on any atom is -0.206 e. The average Bonchev–Trinajstić information content (AvgIpc) is 1.89. The monoisotopic (exact) mass is 134 g/mol. The highest BCUT2D eigenvalue weighted by Gasteiger charge is 1.97. The van der Waals surface area contributed by atoms with E-state index in [2.05, 4.69) is 9.93 Å². The summed E-state index contributed by atoms with van der Waals surface area (Å²) in [4.78, 5) is 9.19. The van der Waals surface area contributed by atoms with Crippen LogP contribution in [0, 0.1) is 0 Å². The molecule has 0 amide bonds. The van der Waals surface area contributed by atoms with Crippen LogP contribution in [0.4, 0.5) is 0 Å². The summed E-state index contributed by atoms with van der Waals surface area (Å²) in [5, 5.41) is 4.34. The summed E-state index contributed by atoms with van der Waals surface area (Å²) < 4.78 is 0. The van der Waals surface area contributed by atoms with Gasteiger partial charge in [0.15, 0.2) is 0 Å². The molecule has 0 rings (SSSR count). The predicted octanol–water partition coefficient (Wildman–Crippen LogP) is 1.68. The Hall–Kier alpha value is -0.120. The summed E-state index contributed by atoms with van der Waals surface area (Å²) >= 11 is 0. The van der Waals surface area contributed by atoms with Crippen LogP contribution in [-0.4, -0.2) is 12.7 Å². The van der Waals surface area contributed by atoms with E-state index in [4.69, 9.17) is 4.89 Å². The Balaban J connectivity index is 2.88. The molecule has 0 aromatic heterocycles. The maximum Gasteiger partial charge on any atom is 0.0930 e. The zero-order chi connectivity index (χ0) is 7.11. The van der Waals surface area contributed by atoms with Crippen LogP contribution in [0.5, 0.6) is 0 Å². The van der Waals surface area contributed by atoms with Crippen LogP contribution in [0.25, 0.3) is 0 Å². The lowest BCUT2D eigenvalue weighted by atomic mass is 10.3. The molecule has 0 aliphatic rings. The Kier molecular flexibility index (Phi) is 5.93. The quantitative estimate of drug-likeness (QED) is 0.325. The molecule has 0 saturated heterocycles. The summed E-state index contributed by atoms with van der Waals surface area (Å²) in [6, 6.07) is 0. The SMILES string of the molecule is CCOOOC(C)CC. The van der Waals surface area contributed by atoms with E-state index in [1.807, 2.05) is 20.8 Å². The van der Waals surface area contributed by atoms with Gasteiger partial charge in [0.05, 0.1) is 12.7 Å². The largest absolute Gasteiger partial charge is 0.206 e. The third-order valence-corrected chi connectivity index (χ3v) is 0.944. The maximum absolute atomic E-state index is 4.71. The van der Waals surface area contributed by atoms with Crippen LogP contribution < -0.4 is 0 Å². The predicted molar refractivity (Wildman–Crippen MR) is 33.5 cm³/mol. The molecule has 3 heteroatoms. The first-order valence-corrected chi connectivity index (χ1v) is 3.26. The van der Waals surface area contributed by atoms with Crippen molar-refractivity contribution in [3.05, 3.63) is 0 Å². The molecule has 0 fully saturated rings. The van der Waals surface area contributed by atoms with Crippen LogP contribution in [0.3, 0.4) is 0 Å². The molecule has 0 N–H and O–H groups in total. The average molecular weight is 134 g/mol. The third-order valence-electron chi connectivity index (χ3n) is 0.944. The highest BCUT2D eigenvalue weighted by molar-refractivity contribution is 4.37. The Bertz CT molecular complexity index is 56.3. The molecular weight excluding hydrogens is 120 g/mol. The molecule has 0 radical (unpaired) electrons. The van der Waals surface area contributed by atoms with Gasteiger partial charge >= 0.3 is 0 Å². The molecule has 9 heavy (non-hydrogen) atoms. The normalized spacial score (nSPS) is 13.7. The molecule has 0 aromatic rings. The molecule has 1 unspecified atom stereocenters. The Morgan fingerprint density at radius 2 is 2.00 bits per heavy atom. The van der Waals surface area contributed by atoms with E-state index in [1.54, 1.807) is 0 Å². The second kappa shape index (κ2) is 6.01. The van der Waals surface area contributed by atoms with Crippen LogP contribution in [-0.2, 0) is 14.8 Å². The topological polar surface area (TPSA) is 27.7 Å². The molecule has 0 aromatic carbocycles. The third kappa shape index (κ3) is 5.76. The zero-order valence-electron chi connectivity index (χ0n) is 6.22. The first-order valence-electron chi connectivity index (χ1n) is 3.26. The maximum atomic E-state index is 4.71. The second-order valence-electron chi connectivity index (χ2n) is 1.79. The van der Waals surface area contributed by atoms with E-state index in [1.165, 1.54) is 0 Å². The summed E-state index contributed by atoms with van der Waals surface area (Å²) in [6.07, 6.45) is 1.03. The van der Waals surface area contributed by atoms with E-state index >= 15 is 0 Å². The van der Waals surface area contributed by atoms with Gasteiger partial charge in [-0.15, -0.1) is 0 Å². The van der Waals surface area contributed by atoms with Gasteiger partial charge in [0.2, 0.25) is 0 Å². The molecule has 1 atom stereocenters. The van der Waals surface area contributed by atoms with Gasteiger partial charge in [-0.25, -0.2) is 9.78 Å². The van der Waals surface area contributed by atoms with Crippen molar-refractivity contribution in [2.45, 2.75) is 33.3 Å². The van der Waals surface area contributed by atoms with Crippen molar-refractivity contribution in [2.75, 3.05) is 6.61 Å². The first kappa shape index (κ1) is 8.88. The summed E-state index contributed by atoms with van der Waals surface area (Å²) in [5.41, 5.74) is 0. The summed E-state index contributed by atoms with van der Waals surface area (Å²) in [5.74, 6) is 0. The summed E-state index contributed by atoms with van der Waals surface area (Å²) in [6.45, 7) is 6.27. The lowest BCUT2D eigenvalue weighted by molar-refractivity contribution is -0.523. The van der Waals surface area contributed by atoms with E-state index < -0.39 is 0 Å². The van der Waals surface area contributed by atoms with Crippen LogP contribution >= 0.6 is 0 Å². The van der Waals surface area contributed by atoms with Crippen molar-refractivity contribution in [2.24, 2.45) is 0 Å². The smallest absolute Gasteiger partial charge is 0.0930 e. The molecular formula is C6H14O3. The van der Waals surface area contributed by atoms with E-state index in [0.29, 0.717) is 6.61 Å². The van der Waals surface area contributed by atoms with Gasteiger partial charge in [-0.2, -0.15) is 0 Å². The molecule has 0 spiro atoms. The Morgan fingerprint density at radius 3 is 2.44 bits per heavy atom. The van der Waals surface area contributed by atoms with Gasteiger partial charge < -0.3 is 0 Å². The van der Waals surface area contributed by atoms with Crippen LogP contribution in [0.2, 0.25) is 0 Å². The minimum atomic E-state index is 0.108. The molecule has 56 valence electrons. The van der Waals surface area contributed by atoms with Gasteiger partial charge in [0.1, 0.15) is 0 Å². The minimum absolute atomic E-state index is 0.108. The van der Waals surface area contributed by atoms with E-state index in [0.717, 1.165) is 6.42 Å². The fraction of sp³-hybridized carbons (Fsp3) is 1.00. The highest BCUT2D eigenvalue weighted by atomic mass is 17.5. The molecule has 0 aliphatic heterocycles. The number of rotatable bonds is 5. The lowest BCUT2D eigenvalue weighted by Gasteiger charge is -2.05. The van der Waals surface area contributed by atoms with E-state index in [-0.39, 0.29) is 6.10 Å². The van der Waals surface area contributed by atoms with Crippen molar-refractivity contribution >= 4 is 0 Å². The standard InChI is InChI=1S/C6H14O3/c1-4-6(3)8-9-7-5-2/h6H,4-5H2,1-3H3. The second-order valence-corrected chi connectivity index (χ2v) is 1.79. The van der Waals surface area contributed by atoms with Crippen LogP contribution in [0.15, 0.2) is 0 Å². The van der Waals surface area contributed by atoms with E-state index in [9.17, 15) is 0 Å². The number of hydrogen-bond donors (Lipinski definition) is 0. The molecule has 0 aliphatic carbocycles. The highest BCUT2D eigenvalue weighted by Crippen LogP contribution is 1.95. The first-order chi connectivity index (χ1) is 4.31. The van der Waals surface area contributed by atoms with Crippen molar-refractivity contribution in [3.8, 4) is 0 Å². The fourth-order valence-corrected chi connectivity index (χ4v) is 0.211. The Labute approximate surface area is 55.8 Å². The number of hydrogen-bond acceptors (Lipinski definition) is 3. The molecule has 0 heterocycles. The van der Waals surface area contributed by atoms with Gasteiger partial charge in [-0.1, -0.05) is 12.0 Å². The van der Waals surface area contributed by atoms with Gasteiger partial charge in [-0.3, -0.25) is 0 Å². The molecule has 0 bridgehead atoms. The fourth-order valence-electron chi connectivity index (χ4n) is 0.211.